The molecule has 0 atom stereocenters. The highest BCUT2D eigenvalue weighted by Crippen LogP contribution is 2.07. The molecule has 104 valence electrons. The largest absolute Gasteiger partial charge is 0.352 e. The van der Waals surface area contributed by atoms with Gasteiger partial charge in [-0.25, -0.2) is 4.39 Å². The van der Waals surface area contributed by atoms with E-state index in [0.717, 1.165) is 11.1 Å². The summed E-state index contributed by atoms with van der Waals surface area (Å²) in [6.45, 7) is 0.687. The van der Waals surface area contributed by atoms with Gasteiger partial charge in [-0.3, -0.25) is 4.79 Å². The van der Waals surface area contributed by atoms with Crippen LogP contribution in [0.25, 0.3) is 0 Å². The number of hydrogen-bond donors (Lipinski definition) is 2. The molecule has 0 aliphatic carbocycles. The van der Waals surface area contributed by atoms with Crippen molar-refractivity contribution in [1.82, 2.24) is 5.32 Å². The first kappa shape index (κ1) is 14.2. The summed E-state index contributed by atoms with van der Waals surface area (Å²) in [5.41, 5.74) is 7.94. The smallest absolute Gasteiger partial charge is 0.224 e. The van der Waals surface area contributed by atoms with Crippen LogP contribution >= 0.6 is 0 Å². The van der Waals surface area contributed by atoms with Crippen molar-refractivity contribution in [2.45, 2.75) is 19.5 Å². The highest BCUT2D eigenvalue weighted by molar-refractivity contribution is 5.78. The van der Waals surface area contributed by atoms with Gasteiger partial charge >= 0.3 is 0 Å². The molecule has 20 heavy (non-hydrogen) atoms. The Morgan fingerprint density at radius 2 is 1.70 bits per heavy atom. The van der Waals surface area contributed by atoms with Gasteiger partial charge in [0, 0.05) is 18.7 Å². The quantitative estimate of drug-likeness (QED) is 0.876. The maximum atomic E-state index is 13.4. The molecule has 3 N–H and O–H groups in total. The van der Waals surface area contributed by atoms with Crippen molar-refractivity contribution in [2.24, 2.45) is 5.73 Å². The monoisotopic (exact) mass is 272 g/mol. The molecule has 3 nitrogen and oxygen atoms in total. The average Bonchev–Trinajstić information content (AvgIpc) is 2.47. The molecule has 0 unspecified atom stereocenters. The van der Waals surface area contributed by atoms with E-state index in [4.69, 9.17) is 5.73 Å². The van der Waals surface area contributed by atoms with Crippen molar-refractivity contribution < 1.29 is 9.18 Å². The van der Waals surface area contributed by atoms with E-state index in [-0.39, 0.29) is 24.7 Å². The van der Waals surface area contributed by atoms with Crippen molar-refractivity contribution in [3.05, 3.63) is 71.0 Å². The minimum Gasteiger partial charge on any atom is -0.352 e. The van der Waals surface area contributed by atoms with Gasteiger partial charge in [0.05, 0.1) is 6.42 Å². The van der Waals surface area contributed by atoms with Crippen LogP contribution in [0.3, 0.4) is 0 Å². The summed E-state index contributed by atoms with van der Waals surface area (Å²) >= 11 is 0. The molecule has 4 heteroatoms. The summed E-state index contributed by atoms with van der Waals surface area (Å²) < 4.78 is 13.4. The molecule has 0 saturated heterocycles. The Kier molecular flexibility index (Phi) is 4.85. The van der Waals surface area contributed by atoms with Gasteiger partial charge in [-0.1, -0.05) is 42.5 Å². The fourth-order valence-corrected chi connectivity index (χ4v) is 1.88. The van der Waals surface area contributed by atoms with E-state index in [9.17, 15) is 9.18 Å². The molecule has 0 fully saturated rings. The molecule has 2 aromatic rings. The number of rotatable bonds is 5. The molecule has 0 heterocycles. The molecule has 0 aliphatic rings. The highest BCUT2D eigenvalue weighted by atomic mass is 19.1. The predicted molar refractivity (Wildman–Crippen MR) is 76.3 cm³/mol. The Hall–Kier alpha value is -2.20. The maximum Gasteiger partial charge on any atom is 0.224 e. The minimum atomic E-state index is -0.305. The number of nitrogens with two attached hydrogens (primary N) is 1. The summed E-state index contributed by atoms with van der Waals surface area (Å²) in [6, 6.07) is 14.0. The van der Waals surface area contributed by atoms with Crippen molar-refractivity contribution in [2.75, 3.05) is 0 Å². The van der Waals surface area contributed by atoms with Crippen LogP contribution < -0.4 is 11.1 Å². The SMILES string of the molecule is NCc1ccc(CC(=O)NCc2ccccc2F)cc1. The van der Waals surface area contributed by atoms with Crippen LogP contribution in [-0.4, -0.2) is 5.91 Å². The number of carbonyl (C=O) groups excluding carboxylic acids is 1. The lowest BCUT2D eigenvalue weighted by Crippen LogP contribution is -2.25. The van der Waals surface area contributed by atoms with Crippen molar-refractivity contribution in [3.63, 3.8) is 0 Å². The van der Waals surface area contributed by atoms with Gasteiger partial charge < -0.3 is 11.1 Å². The van der Waals surface area contributed by atoms with Crippen LogP contribution in [0, 0.1) is 5.82 Å². The van der Waals surface area contributed by atoms with Gasteiger partial charge in [0.1, 0.15) is 5.82 Å². The Bertz CT molecular complexity index is 581. The van der Waals surface area contributed by atoms with Gasteiger partial charge in [-0.2, -0.15) is 0 Å². The van der Waals surface area contributed by atoms with E-state index < -0.39 is 0 Å². The first-order chi connectivity index (χ1) is 9.69. The van der Waals surface area contributed by atoms with Crippen molar-refractivity contribution >= 4 is 5.91 Å². The zero-order chi connectivity index (χ0) is 14.4. The van der Waals surface area contributed by atoms with Gasteiger partial charge in [-0.05, 0) is 17.2 Å². The number of amides is 1. The second kappa shape index (κ2) is 6.82. The molecule has 1 amide bonds. The molecule has 2 rings (SSSR count). The topological polar surface area (TPSA) is 55.1 Å². The fraction of sp³-hybridized carbons (Fsp3) is 0.188. The molecule has 0 saturated carbocycles. The first-order valence-electron chi connectivity index (χ1n) is 6.47. The van der Waals surface area contributed by atoms with Crippen LogP contribution in [0.2, 0.25) is 0 Å². The van der Waals surface area contributed by atoms with E-state index in [1.54, 1.807) is 18.2 Å². The van der Waals surface area contributed by atoms with Gasteiger partial charge in [0.15, 0.2) is 0 Å². The summed E-state index contributed by atoms with van der Waals surface area (Å²) in [6.07, 6.45) is 0.277. The number of hydrogen-bond acceptors (Lipinski definition) is 2. The maximum absolute atomic E-state index is 13.4. The number of halogens is 1. The third-order valence-electron chi connectivity index (χ3n) is 3.06. The first-order valence-corrected chi connectivity index (χ1v) is 6.47. The Morgan fingerprint density at radius 1 is 1.05 bits per heavy atom. The molecular weight excluding hydrogens is 255 g/mol. The zero-order valence-corrected chi connectivity index (χ0v) is 11.1. The van der Waals surface area contributed by atoms with Gasteiger partial charge in [-0.15, -0.1) is 0 Å². The number of carbonyl (C=O) groups is 1. The van der Waals surface area contributed by atoms with Crippen LogP contribution in [-0.2, 0) is 24.3 Å². The molecule has 0 aliphatic heterocycles. The average molecular weight is 272 g/mol. The van der Waals surface area contributed by atoms with Crippen molar-refractivity contribution in [1.29, 1.82) is 0 Å². The zero-order valence-electron chi connectivity index (χ0n) is 11.1. The lowest BCUT2D eigenvalue weighted by Gasteiger charge is -2.07. The lowest BCUT2D eigenvalue weighted by atomic mass is 10.1. The fourth-order valence-electron chi connectivity index (χ4n) is 1.88. The Morgan fingerprint density at radius 3 is 2.35 bits per heavy atom. The summed E-state index contributed by atoms with van der Waals surface area (Å²) in [4.78, 5) is 11.8. The normalized spacial score (nSPS) is 10.3. The third kappa shape index (κ3) is 3.90. The van der Waals surface area contributed by atoms with Gasteiger partial charge in [0.2, 0.25) is 5.91 Å². The second-order valence-electron chi connectivity index (χ2n) is 4.57. The molecule has 0 aromatic heterocycles. The lowest BCUT2D eigenvalue weighted by molar-refractivity contribution is -0.120. The van der Waals surface area contributed by atoms with Crippen LogP contribution in [0.15, 0.2) is 48.5 Å². The number of benzene rings is 2. The molecule has 0 bridgehead atoms. The molecule has 0 radical (unpaired) electrons. The standard InChI is InChI=1S/C16H17FN2O/c17-15-4-2-1-3-14(15)11-19-16(20)9-12-5-7-13(10-18)8-6-12/h1-8H,9-11,18H2,(H,19,20). The summed E-state index contributed by atoms with van der Waals surface area (Å²) in [5, 5.41) is 2.71. The Labute approximate surface area is 117 Å². The van der Waals surface area contributed by atoms with E-state index in [1.807, 2.05) is 24.3 Å². The third-order valence-corrected chi connectivity index (χ3v) is 3.06. The van der Waals surface area contributed by atoms with E-state index in [1.165, 1.54) is 6.07 Å². The van der Waals surface area contributed by atoms with Crippen molar-refractivity contribution in [3.8, 4) is 0 Å². The predicted octanol–water partition coefficient (Wildman–Crippen LogP) is 2.14. The van der Waals surface area contributed by atoms with E-state index in [0.29, 0.717) is 12.1 Å². The number of nitrogens with one attached hydrogen (secondary N) is 1. The summed E-state index contributed by atoms with van der Waals surface area (Å²) in [5.74, 6) is -0.436. The van der Waals surface area contributed by atoms with Crippen LogP contribution in [0.5, 0.6) is 0 Å². The van der Waals surface area contributed by atoms with Crippen LogP contribution in [0.4, 0.5) is 4.39 Å². The minimum absolute atomic E-state index is 0.131. The second-order valence-corrected chi connectivity index (χ2v) is 4.57. The van der Waals surface area contributed by atoms with E-state index in [2.05, 4.69) is 5.32 Å². The van der Waals surface area contributed by atoms with Crippen LogP contribution in [0.1, 0.15) is 16.7 Å². The summed E-state index contributed by atoms with van der Waals surface area (Å²) in [7, 11) is 0. The molecular formula is C16H17FN2O. The molecule has 2 aromatic carbocycles. The van der Waals surface area contributed by atoms with E-state index >= 15 is 0 Å². The molecule has 0 spiro atoms. The Balaban J connectivity index is 1.87. The van der Waals surface area contributed by atoms with Gasteiger partial charge in [0.25, 0.3) is 0 Å². The highest BCUT2D eigenvalue weighted by Gasteiger charge is 2.05.